The van der Waals surface area contributed by atoms with Crippen molar-refractivity contribution >= 4 is 28.9 Å². The summed E-state index contributed by atoms with van der Waals surface area (Å²) in [5.74, 6) is 1.62. The van der Waals surface area contributed by atoms with Crippen molar-refractivity contribution in [3.63, 3.8) is 0 Å². The standard InChI is InChI=1S/C26H33N3O4S/c1-5-6-7-10-15-33-21-14-13-18(16-22(21)32-4)24-23(17(2)27-26(34)29-24)25(30)28-19-11-8-9-12-20(19)31-3/h8-9,11-14,16,24H,5-7,10,15H2,1-4H3,(H,28,30)(H2,27,29,34)/t24-/m1/s1. The third-order valence-corrected chi connectivity index (χ3v) is 5.87. The number of hydrogen-bond acceptors (Lipinski definition) is 5. The SMILES string of the molecule is CCCCCCOc1ccc([C@H]2NC(=S)NC(C)=C2C(=O)Nc2ccccc2OC)cc1OC. The van der Waals surface area contributed by atoms with Crippen LogP contribution < -0.4 is 30.2 Å². The Labute approximate surface area is 206 Å². The van der Waals surface area contributed by atoms with Crippen molar-refractivity contribution in [3.8, 4) is 17.2 Å². The number of methoxy groups -OCH3 is 2. The fraction of sp³-hybridized carbons (Fsp3) is 0.385. The topological polar surface area (TPSA) is 80.9 Å². The number of carbonyl (C=O) groups excluding carboxylic acids is 1. The first kappa shape index (κ1) is 25.4. The lowest BCUT2D eigenvalue weighted by molar-refractivity contribution is -0.113. The second-order valence-corrected chi connectivity index (χ2v) is 8.45. The van der Waals surface area contributed by atoms with Crippen LogP contribution in [0.1, 0.15) is 51.1 Å². The zero-order valence-corrected chi connectivity index (χ0v) is 21.0. The highest BCUT2D eigenvalue weighted by molar-refractivity contribution is 7.80. The van der Waals surface area contributed by atoms with E-state index in [1.807, 2.05) is 37.3 Å². The molecule has 1 heterocycles. The largest absolute Gasteiger partial charge is 0.495 e. The quantitative estimate of drug-likeness (QED) is 0.303. The minimum absolute atomic E-state index is 0.260. The van der Waals surface area contributed by atoms with E-state index in [2.05, 4.69) is 22.9 Å². The fourth-order valence-corrected chi connectivity index (χ4v) is 4.15. The molecule has 0 unspecified atom stereocenters. The van der Waals surface area contributed by atoms with Crippen LogP contribution in [0.5, 0.6) is 17.2 Å². The molecule has 0 radical (unpaired) electrons. The normalized spacial score (nSPS) is 15.3. The molecule has 0 aliphatic carbocycles. The van der Waals surface area contributed by atoms with Gasteiger partial charge in [-0.15, -0.1) is 0 Å². The minimum atomic E-state index is -0.462. The third kappa shape index (κ3) is 6.20. The van der Waals surface area contributed by atoms with Gasteiger partial charge in [0.25, 0.3) is 5.91 Å². The Hall–Kier alpha value is -3.26. The highest BCUT2D eigenvalue weighted by Gasteiger charge is 2.31. The van der Waals surface area contributed by atoms with Crippen LogP contribution >= 0.6 is 12.2 Å². The van der Waals surface area contributed by atoms with E-state index in [0.29, 0.717) is 45.9 Å². The number of nitrogens with one attached hydrogen (secondary N) is 3. The smallest absolute Gasteiger partial charge is 0.255 e. The van der Waals surface area contributed by atoms with Gasteiger partial charge in [0.05, 0.1) is 38.1 Å². The van der Waals surface area contributed by atoms with Crippen LogP contribution in [-0.4, -0.2) is 31.8 Å². The molecule has 0 bridgehead atoms. The van der Waals surface area contributed by atoms with Gasteiger partial charge in [0.2, 0.25) is 0 Å². The molecule has 8 heteroatoms. The molecule has 1 aliphatic heterocycles. The molecule has 0 saturated carbocycles. The molecule has 182 valence electrons. The van der Waals surface area contributed by atoms with Crippen molar-refractivity contribution in [2.24, 2.45) is 0 Å². The Morgan fingerprint density at radius 1 is 1.03 bits per heavy atom. The molecule has 2 aromatic carbocycles. The van der Waals surface area contributed by atoms with Gasteiger partial charge < -0.3 is 30.2 Å². The van der Waals surface area contributed by atoms with E-state index in [9.17, 15) is 4.79 Å². The molecule has 1 aliphatic rings. The molecule has 7 nitrogen and oxygen atoms in total. The van der Waals surface area contributed by atoms with Gasteiger partial charge in [-0.25, -0.2) is 0 Å². The lowest BCUT2D eigenvalue weighted by atomic mass is 9.94. The van der Waals surface area contributed by atoms with Gasteiger partial charge in [-0.3, -0.25) is 4.79 Å². The molecular formula is C26H33N3O4S. The Kier molecular flexibility index (Phi) is 9.16. The summed E-state index contributed by atoms with van der Waals surface area (Å²) in [6, 6.07) is 12.5. The Morgan fingerprint density at radius 2 is 1.79 bits per heavy atom. The number of anilines is 1. The summed E-state index contributed by atoms with van der Waals surface area (Å²) >= 11 is 5.38. The maximum Gasteiger partial charge on any atom is 0.255 e. The number of ether oxygens (including phenoxy) is 3. The number of allylic oxidation sites excluding steroid dienone is 1. The van der Waals surface area contributed by atoms with Crippen LogP contribution in [0.2, 0.25) is 0 Å². The molecule has 2 aromatic rings. The summed E-state index contributed by atoms with van der Waals surface area (Å²) in [6.07, 6.45) is 4.52. The predicted molar refractivity (Wildman–Crippen MR) is 139 cm³/mol. The van der Waals surface area contributed by atoms with Gasteiger partial charge >= 0.3 is 0 Å². The summed E-state index contributed by atoms with van der Waals surface area (Å²) < 4.78 is 16.9. The number of rotatable bonds is 11. The predicted octanol–water partition coefficient (Wildman–Crippen LogP) is 5.09. The van der Waals surface area contributed by atoms with Crippen molar-refractivity contribution in [1.82, 2.24) is 10.6 Å². The summed E-state index contributed by atoms with van der Waals surface area (Å²) in [4.78, 5) is 13.4. The number of amides is 1. The van der Waals surface area contributed by atoms with E-state index in [1.165, 1.54) is 12.8 Å². The molecule has 34 heavy (non-hydrogen) atoms. The molecule has 1 amide bonds. The maximum absolute atomic E-state index is 13.4. The monoisotopic (exact) mass is 483 g/mol. The van der Waals surface area contributed by atoms with Crippen LogP contribution in [0.4, 0.5) is 5.69 Å². The summed E-state index contributed by atoms with van der Waals surface area (Å²) in [5.41, 5.74) is 2.63. The van der Waals surface area contributed by atoms with E-state index < -0.39 is 6.04 Å². The summed E-state index contributed by atoms with van der Waals surface area (Å²) in [5, 5.41) is 9.69. The van der Waals surface area contributed by atoms with Crippen molar-refractivity contribution in [1.29, 1.82) is 0 Å². The highest BCUT2D eigenvalue weighted by atomic mass is 32.1. The number of para-hydroxylation sites is 2. The first-order chi connectivity index (χ1) is 16.5. The fourth-order valence-electron chi connectivity index (χ4n) is 3.88. The Balaban J connectivity index is 1.85. The van der Waals surface area contributed by atoms with Crippen molar-refractivity contribution in [2.45, 2.75) is 45.6 Å². The van der Waals surface area contributed by atoms with E-state index in [1.54, 1.807) is 26.4 Å². The molecule has 0 fully saturated rings. The van der Waals surface area contributed by atoms with E-state index >= 15 is 0 Å². The van der Waals surface area contributed by atoms with Crippen molar-refractivity contribution in [3.05, 3.63) is 59.3 Å². The number of thiocarbonyl (C=S) groups is 1. The Morgan fingerprint density at radius 3 is 2.53 bits per heavy atom. The van der Waals surface area contributed by atoms with Crippen molar-refractivity contribution < 1.29 is 19.0 Å². The van der Waals surface area contributed by atoms with Gasteiger partial charge in [0.15, 0.2) is 16.6 Å². The number of benzene rings is 2. The average Bonchev–Trinajstić information content (AvgIpc) is 2.83. The second kappa shape index (κ2) is 12.3. The van der Waals surface area contributed by atoms with Gasteiger partial charge in [0.1, 0.15) is 5.75 Å². The average molecular weight is 484 g/mol. The molecule has 1 atom stereocenters. The lowest BCUT2D eigenvalue weighted by Crippen LogP contribution is -2.45. The lowest BCUT2D eigenvalue weighted by Gasteiger charge is -2.30. The van der Waals surface area contributed by atoms with E-state index in [4.69, 9.17) is 26.4 Å². The van der Waals surface area contributed by atoms with Crippen LogP contribution in [0.15, 0.2) is 53.7 Å². The third-order valence-electron chi connectivity index (χ3n) is 5.65. The molecule has 3 N–H and O–H groups in total. The molecule has 0 saturated heterocycles. The first-order valence-electron chi connectivity index (χ1n) is 11.5. The van der Waals surface area contributed by atoms with Gasteiger partial charge in [0, 0.05) is 5.70 Å². The van der Waals surface area contributed by atoms with Gasteiger partial charge in [-0.1, -0.05) is 44.4 Å². The zero-order chi connectivity index (χ0) is 24.5. The van der Waals surface area contributed by atoms with Gasteiger partial charge in [-0.2, -0.15) is 0 Å². The molecule has 0 spiro atoms. The maximum atomic E-state index is 13.4. The Bertz CT molecular complexity index is 1050. The van der Waals surface area contributed by atoms with E-state index in [0.717, 1.165) is 18.4 Å². The van der Waals surface area contributed by atoms with Crippen LogP contribution in [0.25, 0.3) is 0 Å². The van der Waals surface area contributed by atoms with Crippen LogP contribution in [0.3, 0.4) is 0 Å². The first-order valence-corrected chi connectivity index (χ1v) is 11.9. The second-order valence-electron chi connectivity index (χ2n) is 8.04. The number of carbonyl (C=O) groups is 1. The van der Waals surface area contributed by atoms with Crippen LogP contribution in [-0.2, 0) is 4.79 Å². The highest BCUT2D eigenvalue weighted by Crippen LogP contribution is 2.35. The molecular weight excluding hydrogens is 450 g/mol. The van der Waals surface area contributed by atoms with E-state index in [-0.39, 0.29) is 5.91 Å². The van der Waals surface area contributed by atoms with Crippen LogP contribution in [0, 0.1) is 0 Å². The molecule has 0 aromatic heterocycles. The number of hydrogen-bond donors (Lipinski definition) is 3. The minimum Gasteiger partial charge on any atom is -0.495 e. The van der Waals surface area contributed by atoms with Crippen molar-refractivity contribution in [2.75, 3.05) is 26.1 Å². The van der Waals surface area contributed by atoms with Gasteiger partial charge in [-0.05, 0) is 55.4 Å². The molecule has 3 rings (SSSR count). The zero-order valence-electron chi connectivity index (χ0n) is 20.2. The number of unbranched alkanes of at least 4 members (excludes halogenated alkanes) is 3. The summed E-state index contributed by atoms with van der Waals surface area (Å²) in [6.45, 7) is 4.66. The summed E-state index contributed by atoms with van der Waals surface area (Å²) in [7, 11) is 3.18.